The summed E-state index contributed by atoms with van der Waals surface area (Å²) in [4.78, 5) is 9.98. The van der Waals surface area contributed by atoms with E-state index < -0.39 is 0 Å². The fraction of sp³-hybridized carbons (Fsp3) is 0.154. The molecule has 0 saturated heterocycles. The molecule has 0 amide bonds. The molecule has 0 atom stereocenters. The highest BCUT2D eigenvalue weighted by Gasteiger charge is 2.25. The summed E-state index contributed by atoms with van der Waals surface area (Å²) < 4.78 is 31.1. The molecule has 6 rings (SSSR count). The second-order valence-electron chi connectivity index (χ2n) is 8.50. The minimum Gasteiger partial charge on any atom is -0.250 e. The largest absolute Gasteiger partial charge is 0.250 e. The van der Waals surface area contributed by atoms with E-state index in [1.807, 2.05) is 27.9 Å². The Morgan fingerprint density at radius 1 is 0.618 bits per heavy atom. The molecule has 0 aliphatic rings. The van der Waals surface area contributed by atoms with Gasteiger partial charge in [0.05, 0.1) is 27.9 Å². The van der Waals surface area contributed by atoms with Gasteiger partial charge in [0, 0.05) is 30.6 Å². The van der Waals surface area contributed by atoms with E-state index in [1.165, 1.54) is 24.3 Å². The van der Waals surface area contributed by atoms with Crippen molar-refractivity contribution in [1.29, 1.82) is 0 Å². The zero-order valence-electron chi connectivity index (χ0n) is 19.1. The lowest BCUT2D eigenvalue weighted by Crippen LogP contribution is -1.99. The molecule has 168 valence electrons. The number of aromatic nitrogens is 6. The summed E-state index contributed by atoms with van der Waals surface area (Å²) in [6.07, 6.45) is 0. The van der Waals surface area contributed by atoms with Crippen molar-refractivity contribution < 1.29 is 8.78 Å². The summed E-state index contributed by atoms with van der Waals surface area (Å²) in [5.41, 5.74) is 6.77. The van der Waals surface area contributed by atoms with Gasteiger partial charge >= 0.3 is 0 Å². The fourth-order valence-corrected chi connectivity index (χ4v) is 4.83. The quantitative estimate of drug-likeness (QED) is 0.340. The average molecular weight is 454 g/mol. The average Bonchev–Trinajstić information content (AvgIpc) is 3.27. The molecule has 0 aliphatic carbocycles. The van der Waals surface area contributed by atoms with Crippen molar-refractivity contribution in [2.45, 2.75) is 13.8 Å². The number of aryl methyl sites for hydroxylation is 4. The summed E-state index contributed by atoms with van der Waals surface area (Å²) >= 11 is 0. The predicted molar refractivity (Wildman–Crippen MR) is 128 cm³/mol. The molecule has 6 aromatic rings. The minimum atomic E-state index is -0.324. The van der Waals surface area contributed by atoms with Crippen LogP contribution in [0, 0.1) is 25.5 Å². The van der Waals surface area contributed by atoms with Gasteiger partial charge in [-0.1, -0.05) is 12.1 Å². The van der Waals surface area contributed by atoms with Gasteiger partial charge in [0.25, 0.3) is 0 Å². The standard InChI is InChI=1S/C26H20F2N6/c1-13-19-21(15-5-9-17(27)10-6-15)22-20-14(2)32-34(4)26(20)29-23(16-7-11-18(28)12-8-16)24(22)30-25(19)33(3)31-13/h5-12H,1-4H3. The van der Waals surface area contributed by atoms with E-state index in [0.717, 1.165) is 44.2 Å². The molecule has 2 aromatic carbocycles. The Balaban J connectivity index is 1.92. The van der Waals surface area contributed by atoms with Crippen molar-refractivity contribution >= 4 is 33.0 Å². The summed E-state index contributed by atoms with van der Waals surface area (Å²) in [5.74, 6) is -0.632. The first kappa shape index (κ1) is 20.4. The summed E-state index contributed by atoms with van der Waals surface area (Å²) in [7, 11) is 3.70. The van der Waals surface area contributed by atoms with Crippen molar-refractivity contribution in [2.75, 3.05) is 0 Å². The number of fused-ring (bicyclic) bond motifs is 4. The van der Waals surface area contributed by atoms with Crippen LogP contribution in [-0.2, 0) is 14.1 Å². The fourth-order valence-electron chi connectivity index (χ4n) is 4.83. The maximum Gasteiger partial charge on any atom is 0.159 e. The molecular formula is C26H20F2N6. The lowest BCUT2D eigenvalue weighted by Gasteiger charge is -2.14. The molecule has 0 unspecified atom stereocenters. The molecule has 6 nitrogen and oxygen atoms in total. The summed E-state index contributed by atoms with van der Waals surface area (Å²) in [6, 6.07) is 12.7. The topological polar surface area (TPSA) is 61.4 Å². The lowest BCUT2D eigenvalue weighted by atomic mass is 9.93. The van der Waals surface area contributed by atoms with Gasteiger partial charge < -0.3 is 0 Å². The Morgan fingerprint density at radius 2 is 1.12 bits per heavy atom. The number of pyridine rings is 2. The number of rotatable bonds is 2. The third-order valence-corrected chi connectivity index (χ3v) is 6.28. The Labute approximate surface area is 193 Å². The zero-order chi connectivity index (χ0) is 23.7. The van der Waals surface area contributed by atoms with Crippen LogP contribution in [0.15, 0.2) is 48.5 Å². The van der Waals surface area contributed by atoms with Crippen LogP contribution in [0.1, 0.15) is 11.4 Å². The van der Waals surface area contributed by atoms with Gasteiger partial charge in [-0.25, -0.2) is 18.7 Å². The highest BCUT2D eigenvalue weighted by Crippen LogP contribution is 2.43. The molecule has 34 heavy (non-hydrogen) atoms. The van der Waals surface area contributed by atoms with Gasteiger partial charge in [-0.05, 0) is 55.8 Å². The third kappa shape index (κ3) is 2.84. The van der Waals surface area contributed by atoms with E-state index in [-0.39, 0.29) is 11.6 Å². The van der Waals surface area contributed by atoms with Crippen molar-refractivity contribution in [2.24, 2.45) is 14.1 Å². The molecule has 4 aromatic heterocycles. The molecular weight excluding hydrogens is 434 g/mol. The first-order chi connectivity index (χ1) is 16.3. The highest BCUT2D eigenvalue weighted by molar-refractivity contribution is 6.22. The van der Waals surface area contributed by atoms with Crippen LogP contribution < -0.4 is 0 Å². The van der Waals surface area contributed by atoms with Crippen molar-refractivity contribution in [3.05, 3.63) is 71.6 Å². The van der Waals surface area contributed by atoms with Crippen LogP contribution in [0.25, 0.3) is 55.4 Å². The predicted octanol–water partition coefficient (Wildman–Crippen LogP) is 5.63. The van der Waals surface area contributed by atoms with E-state index in [2.05, 4.69) is 10.2 Å². The van der Waals surface area contributed by atoms with Gasteiger partial charge in [0.1, 0.15) is 17.2 Å². The van der Waals surface area contributed by atoms with Gasteiger partial charge in [0.2, 0.25) is 0 Å². The smallest absolute Gasteiger partial charge is 0.159 e. The van der Waals surface area contributed by atoms with Gasteiger partial charge in [-0.2, -0.15) is 10.2 Å². The van der Waals surface area contributed by atoms with Crippen molar-refractivity contribution in [1.82, 2.24) is 29.5 Å². The first-order valence-electron chi connectivity index (χ1n) is 10.9. The SMILES string of the molecule is Cc1nn(C)c2nc3c(-c4ccc(F)cc4)nc4c(c(C)nn4C)c3c(-c3ccc(F)cc3)c12. The third-order valence-electron chi connectivity index (χ3n) is 6.28. The Kier molecular flexibility index (Phi) is 4.29. The molecule has 8 heteroatoms. The second kappa shape index (κ2) is 7.15. The number of nitrogens with zero attached hydrogens (tertiary/aromatic N) is 6. The van der Waals surface area contributed by atoms with Crippen LogP contribution in [0.2, 0.25) is 0 Å². The van der Waals surface area contributed by atoms with Gasteiger partial charge in [-0.3, -0.25) is 9.36 Å². The van der Waals surface area contributed by atoms with Crippen LogP contribution in [-0.4, -0.2) is 29.5 Å². The number of halogens is 2. The molecule has 0 fully saturated rings. The maximum atomic E-state index is 13.9. The summed E-state index contributed by atoms with van der Waals surface area (Å²) in [6.45, 7) is 3.88. The highest BCUT2D eigenvalue weighted by atomic mass is 19.1. The number of benzene rings is 2. The minimum absolute atomic E-state index is 0.308. The van der Waals surface area contributed by atoms with Crippen LogP contribution >= 0.6 is 0 Å². The van der Waals surface area contributed by atoms with Crippen molar-refractivity contribution in [3.63, 3.8) is 0 Å². The molecule has 0 aliphatic heterocycles. The first-order valence-corrected chi connectivity index (χ1v) is 10.9. The normalized spacial score (nSPS) is 11.8. The van der Waals surface area contributed by atoms with Crippen LogP contribution in [0.4, 0.5) is 8.78 Å². The molecule has 4 heterocycles. The van der Waals surface area contributed by atoms with Crippen molar-refractivity contribution in [3.8, 4) is 22.4 Å². The number of hydrogen-bond acceptors (Lipinski definition) is 4. The Hall–Kier alpha value is -4.20. The Bertz CT molecular complexity index is 1740. The summed E-state index contributed by atoms with van der Waals surface area (Å²) in [5, 5.41) is 11.9. The van der Waals surface area contributed by atoms with Gasteiger partial charge in [0.15, 0.2) is 11.3 Å². The molecule has 0 saturated carbocycles. The Morgan fingerprint density at radius 3 is 1.71 bits per heavy atom. The van der Waals surface area contributed by atoms with Gasteiger partial charge in [-0.15, -0.1) is 0 Å². The van der Waals surface area contributed by atoms with Crippen LogP contribution in [0.5, 0.6) is 0 Å². The van der Waals surface area contributed by atoms with Crippen LogP contribution in [0.3, 0.4) is 0 Å². The van der Waals surface area contributed by atoms with E-state index in [0.29, 0.717) is 22.5 Å². The molecule has 0 radical (unpaired) electrons. The molecule has 0 N–H and O–H groups in total. The van der Waals surface area contributed by atoms with E-state index >= 15 is 0 Å². The molecule has 0 bridgehead atoms. The molecule has 0 spiro atoms. The second-order valence-corrected chi connectivity index (χ2v) is 8.50. The zero-order valence-corrected chi connectivity index (χ0v) is 19.1. The monoisotopic (exact) mass is 454 g/mol. The van der Waals surface area contributed by atoms with E-state index in [1.54, 1.807) is 33.6 Å². The van der Waals surface area contributed by atoms with E-state index in [4.69, 9.17) is 9.97 Å². The lowest BCUT2D eigenvalue weighted by molar-refractivity contribution is 0.627. The van der Waals surface area contributed by atoms with E-state index in [9.17, 15) is 8.78 Å². The maximum absolute atomic E-state index is 13.9. The number of hydrogen-bond donors (Lipinski definition) is 0.